The second-order valence-electron chi connectivity index (χ2n) is 1.72. The third kappa shape index (κ3) is 5.14. The van der Waals surface area contributed by atoms with Crippen molar-refractivity contribution in [2.75, 3.05) is 13.7 Å². The second-order valence-corrected chi connectivity index (χ2v) is 1.72. The van der Waals surface area contributed by atoms with Crippen LogP contribution in [-0.2, 0) is 19.1 Å². The molecular formula is C7H10O4. The maximum Gasteiger partial charge on any atom is 0.317 e. The summed E-state index contributed by atoms with van der Waals surface area (Å²) in [5.74, 6) is -1.20. The predicted octanol–water partition coefficient (Wildman–Crippen LogP) is 0.279. The van der Waals surface area contributed by atoms with Gasteiger partial charge in [-0.2, -0.15) is 0 Å². The highest BCUT2D eigenvalue weighted by Gasteiger charge is 2.08. The first-order valence-corrected chi connectivity index (χ1v) is 3.04. The quantitative estimate of drug-likeness (QED) is 0.335. The van der Waals surface area contributed by atoms with Crippen molar-refractivity contribution >= 4 is 11.9 Å². The maximum atomic E-state index is 10.6. The van der Waals surface area contributed by atoms with Gasteiger partial charge in [-0.3, -0.25) is 9.59 Å². The third-order valence-electron chi connectivity index (χ3n) is 0.879. The van der Waals surface area contributed by atoms with E-state index in [1.165, 1.54) is 13.2 Å². The summed E-state index contributed by atoms with van der Waals surface area (Å²) in [6, 6.07) is 0. The molecule has 4 nitrogen and oxygen atoms in total. The molecule has 0 amide bonds. The lowest BCUT2D eigenvalue weighted by atomic mass is 10.4. The number of carbonyl (C=O) groups excluding carboxylic acids is 2. The van der Waals surface area contributed by atoms with Crippen molar-refractivity contribution < 1.29 is 19.1 Å². The van der Waals surface area contributed by atoms with Crippen LogP contribution in [0, 0.1) is 0 Å². The summed E-state index contributed by atoms with van der Waals surface area (Å²) in [5, 5.41) is 0. The van der Waals surface area contributed by atoms with Crippen LogP contribution in [-0.4, -0.2) is 25.7 Å². The molecule has 11 heavy (non-hydrogen) atoms. The van der Waals surface area contributed by atoms with Crippen LogP contribution in [0.4, 0.5) is 0 Å². The molecule has 0 atom stereocenters. The van der Waals surface area contributed by atoms with E-state index in [0.29, 0.717) is 0 Å². The molecule has 0 heterocycles. The number of carbonyl (C=O) groups is 2. The molecule has 0 aromatic heterocycles. The summed E-state index contributed by atoms with van der Waals surface area (Å²) in [5.41, 5.74) is 0. The maximum absolute atomic E-state index is 10.6. The fraction of sp³-hybridized carbons (Fsp3) is 0.429. The molecule has 0 bridgehead atoms. The molecule has 0 aliphatic heterocycles. The number of hydrogen-bond acceptors (Lipinski definition) is 4. The summed E-state index contributed by atoms with van der Waals surface area (Å²) >= 11 is 0. The minimum atomic E-state index is -0.600. The molecule has 0 N–H and O–H groups in total. The Kier molecular flexibility index (Phi) is 4.81. The largest absolute Gasteiger partial charge is 0.469 e. The molecule has 0 aromatic carbocycles. The molecule has 0 fully saturated rings. The third-order valence-corrected chi connectivity index (χ3v) is 0.879. The average molecular weight is 158 g/mol. The van der Waals surface area contributed by atoms with Crippen LogP contribution in [0.25, 0.3) is 0 Å². The van der Waals surface area contributed by atoms with Crippen molar-refractivity contribution in [2.45, 2.75) is 6.42 Å². The first-order valence-electron chi connectivity index (χ1n) is 3.04. The van der Waals surface area contributed by atoms with Crippen LogP contribution in [0.2, 0.25) is 0 Å². The smallest absolute Gasteiger partial charge is 0.317 e. The number of methoxy groups -OCH3 is 1. The topological polar surface area (TPSA) is 52.6 Å². The number of esters is 2. The molecule has 0 aliphatic carbocycles. The SMILES string of the molecule is C=CCOC(=O)CC(=O)OC. The van der Waals surface area contributed by atoms with E-state index >= 15 is 0 Å². The minimum absolute atomic E-state index is 0.121. The zero-order chi connectivity index (χ0) is 8.69. The highest BCUT2D eigenvalue weighted by molar-refractivity contribution is 5.91. The lowest BCUT2D eigenvalue weighted by Gasteiger charge is -1.99. The van der Waals surface area contributed by atoms with Crippen LogP contribution in [0.1, 0.15) is 6.42 Å². The summed E-state index contributed by atoms with van der Waals surface area (Å²) in [7, 11) is 1.21. The van der Waals surface area contributed by atoms with Crippen molar-refractivity contribution in [1.82, 2.24) is 0 Å². The van der Waals surface area contributed by atoms with Gasteiger partial charge >= 0.3 is 11.9 Å². The number of rotatable bonds is 4. The molecule has 0 saturated carbocycles. The van der Waals surface area contributed by atoms with Gasteiger partial charge in [-0.15, -0.1) is 0 Å². The van der Waals surface area contributed by atoms with Crippen LogP contribution in [0.3, 0.4) is 0 Å². The Morgan fingerprint density at radius 1 is 1.45 bits per heavy atom. The zero-order valence-corrected chi connectivity index (χ0v) is 6.33. The molecule has 4 heteroatoms. The molecule has 0 radical (unpaired) electrons. The molecule has 0 aromatic rings. The Hall–Kier alpha value is -1.32. The predicted molar refractivity (Wildman–Crippen MR) is 37.8 cm³/mol. The molecule has 0 rings (SSSR count). The van der Waals surface area contributed by atoms with Gasteiger partial charge in [0.1, 0.15) is 13.0 Å². The van der Waals surface area contributed by atoms with E-state index in [-0.39, 0.29) is 13.0 Å². The average Bonchev–Trinajstić information content (AvgIpc) is 2.00. The van der Waals surface area contributed by atoms with E-state index in [4.69, 9.17) is 0 Å². The van der Waals surface area contributed by atoms with Crippen LogP contribution < -0.4 is 0 Å². The van der Waals surface area contributed by atoms with E-state index in [0.717, 1.165) is 0 Å². The first-order chi connectivity index (χ1) is 5.20. The molecule has 0 spiro atoms. The van der Waals surface area contributed by atoms with Crippen molar-refractivity contribution in [1.29, 1.82) is 0 Å². The van der Waals surface area contributed by atoms with E-state index in [2.05, 4.69) is 16.1 Å². The highest BCUT2D eigenvalue weighted by Crippen LogP contribution is 1.88. The Balaban J connectivity index is 3.51. The van der Waals surface area contributed by atoms with Gasteiger partial charge in [-0.05, 0) is 0 Å². The zero-order valence-electron chi connectivity index (χ0n) is 6.33. The van der Waals surface area contributed by atoms with Gasteiger partial charge in [0.2, 0.25) is 0 Å². The summed E-state index contributed by atoms with van der Waals surface area (Å²) < 4.78 is 8.74. The second kappa shape index (κ2) is 5.46. The first kappa shape index (κ1) is 9.68. The van der Waals surface area contributed by atoms with Crippen LogP contribution >= 0.6 is 0 Å². The fourth-order valence-electron chi connectivity index (χ4n) is 0.393. The molecular weight excluding hydrogens is 148 g/mol. The number of ether oxygens (including phenoxy) is 2. The van der Waals surface area contributed by atoms with E-state index in [1.807, 2.05) is 0 Å². The normalized spacial score (nSPS) is 8.45. The fourth-order valence-corrected chi connectivity index (χ4v) is 0.393. The van der Waals surface area contributed by atoms with Gasteiger partial charge in [0.25, 0.3) is 0 Å². The van der Waals surface area contributed by atoms with Crippen molar-refractivity contribution in [3.8, 4) is 0 Å². The van der Waals surface area contributed by atoms with E-state index < -0.39 is 11.9 Å². The van der Waals surface area contributed by atoms with E-state index in [1.54, 1.807) is 0 Å². The number of hydrogen-bond donors (Lipinski definition) is 0. The van der Waals surface area contributed by atoms with Gasteiger partial charge in [0.05, 0.1) is 7.11 Å². The Bertz CT molecular complexity index is 162. The van der Waals surface area contributed by atoms with Crippen molar-refractivity contribution in [3.63, 3.8) is 0 Å². The van der Waals surface area contributed by atoms with Gasteiger partial charge in [-0.25, -0.2) is 0 Å². The van der Waals surface area contributed by atoms with Gasteiger partial charge in [0, 0.05) is 0 Å². The lowest BCUT2D eigenvalue weighted by Crippen LogP contribution is -2.12. The Morgan fingerprint density at radius 3 is 2.55 bits per heavy atom. The van der Waals surface area contributed by atoms with Crippen molar-refractivity contribution in [3.05, 3.63) is 12.7 Å². The van der Waals surface area contributed by atoms with E-state index in [9.17, 15) is 9.59 Å². The van der Waals surface area contributed by atoms with Crippen LogP contribution in [0.15, 0.2) is 12.7 Å². The standard InChI is InChI=1S/C7H10O4/c1-3-4-11-7(9)5-6(8)10-2/h3H,1,4-5H2,2H3. The molecule has 0 saturated heterocycles. The van der Waals surface area contributed by atoms with Crippen molar-refractivity contribution in [2.24, 2.45) is 0 Å². The molecule has 62 valence electrons. The van der Waals surface area contributed by atoms with Gasteiger partial charge in [-0.1, -0.05) is 12.7 Å². The van der Waals surface area contributed by atoms with Gasteiger partial charge < -0.3 is 9.47 Å². The summed E-state index contributed by atoms with van der Waals surface area (Å²) in [6.45, 7) is 3.46. The van der Waals surface area contributed by atoms with Crippen LogP contribution in [0.5, 0.6) is 0 Å². The monoisotopic (exact) mass is 158 g/mol. The Morgan fingerprint density at radius 2 is 2.09 bits per heavy atom. The highest BCUT2D eigenvalue weighted by atomic mass is 16.5. The minimum Gasteiger partial charge on any atom is -0.469 e. The van der Waals surface area contributed by atoms with Gasteiger partial charge in [0.15, 0.2) is 0 Å². The molecule has 0 aliphatic rings. The Labute approximate surface area is 64.8 Å². The molecule has 0 unspecified atom stereocenters. The lowest BCUT2D eigenvalue weighted by molar-refractivity contribution is -0.152. The summed E-state index contributed by atoms with van der Waals surface area (Å²) in [4.78, 5) is 21.0. The summed E-state index contributed by atoms with van der Waals surface area (Å²) in [6.07, 6.45) is 1.08.